The van der Waals surface area contributed by atoms with Crippen molar-refractivity contribution >= 4 is 52.9 Å². The van der Waals surface area contributed by atoms with E-state index in [1.165, 1.54) is 28.1 Å². The van der Waals surface area contributed by atoms with Crippen LogP contribution in [0, 0.1) is 11.3 Å². The zero-order valence-electron chi connectivity index (χ0n) is 11.7. The molecule has 0 aromatic carbocycles. The number of allylic oxidation sites excluding steroid dienone is 1. The van der Waals surface area contributed by atoms with Crippen molar-refractivity contribution in [1.29, 1.82) is 5.26 Å². The van der Waals surface area contributed by atoms with Crippen molar-refractivity contribution in [2.24, 2.45) is 0 Å². The zero-order chi connectivity index (χ0) is 17.0. The number of nitriles is 1. The molecule has 23 heavy (non-hydrogen) atoms. The molecule has 10 heteroatoms. The fourth-order valence-electron chi connectivity index (χ4n) is 2.20. The van der Waals surface area contributed by atoms with Gasteiger partial charge in [-0.1, -0.05) is 0 Å². The average Bonchev–Trinajstić information content (AvgIpc) is 2.54. The van der Waals surface area contributed by atoms with Crippen molar-refractivity contribution in [2.45, 2.75) is 11.4 Å². The Kier molecular flexibility index (Phi) is 5.98. The molecule has 0 aromatic heterocycles. The number of hydrogen-bond donors (Lipinski definition) is 2. The number of carboxylic acids is 1. The molecule has 2 N–H and O–H groups in total. The lowest BCUT2D eigenvalue weighted by Gasteiger charge is -2.49. The van der Waals surface area contributed by atoms with Crippen LogP contribution in [0.4, 0.5) is 0 Å². The Morgan fingerprint density at radius 1 is 1.61 bits per heavy atom. The molecule has 7 nitrogen and oxygen atoms in total. The smallest absolute Gasteiger partial charge is 0.352 e. The maximum atomic E-state index is 12.2. The summed E-state index contributed by atoms with van der Waals surface area (Å²) in [6, 6.07) is 1.07. The van der Waals surface area contributed by atoms with Crippen LogP contribution in [0.25, 0.3) is 0 Å². The van der Waals surface area contributed by atoms with E-state index in [-0.39, 0.29) is 23.2 Å². The largest absolute Gasteiger partial charge is 0.477 e. The van der Waals surface area contributed by atoms with E-state index in [0.29, 0.717) is 11.3 Å². The third-order valence-corrected chi connectivity index (χ3v) is 5.60. The van der Waals surface area contributed by atoms with Crippen LogP contribution in [0.2, 0.25) is 0 Å². The molecule has 0 radical (unpaired) electrons. The highest BCUT2D eigenvalue weighted by Gasteiger charge is 2.53. The van der Waals surface area contributed by atoms with Crippen LogP contribution in [-0.2, 0) is 14.4 Å². The lowest BCUT2D eigenvalue weighted by molar-refractivity contribution is -0.150. The van der Waals surface area contributed by atoms with Gasteiger partial charge in [-0.2, -0.15) is 5.26 Å². The number of thioether (sulfide) groups is 2. The van der Waals surface area contributed by atoms with Gasteiger partial charge in [0.1, 0.15) is 17.1 Å². The summed E-state index contributed by atoms with van der Waals surface area (Å²) < 4.78 is 0. The van der Waals surface area contributed by atoms with E-state index in [0.717, 1.165) is 11.8 Å². The SMILES string of the molecule is N#C/C=C\SCC(=O)NC1C(=O)N2C(C(=O)O)=C(CCl)CS[C@H]12. The van der Waals surface area contributed by atoms with E-state index >= 15 is 0 Å². The number of halogens is 1. The molecule has 0 saturated carbocycles. The summed E-state index contributed by atoms with van der Waals surface area (Å²) in [4.78, 5) is 36.5. The minimum atomic E-state index is -1.19. The van der Waals surface area contributed by atoms with Crippen LogP contribution in [0.1, 0.15) is 0 Å². The van der Waals surface area contributed by atoms with Crippen molar-refractivity contribution in [3.63, 3.8) is 0 Å². The first-order valence-corrected chi connectivity index (χ1v) is 9.06. The quantitative estimate of drug-likeness (QED) is 0.401. The summed E-state index contributed by atoms with van der Waals surface area (Å²) in [5.41, 5.74) is 0.418. The molecular weight excluding hydrogens is 362 g/mol. The van der Waals surface area contributed by atoms with Gasteiger partial charge < -0.3 is 10.4 Å². The summed E-state index contributed by atoms with van der Waals surface area (Å²) in [7, 11) is 0. The van der Waals surface area contributed by atoms with Crippen LogP contribution in [-0.4, -0.2) is 56.6 Å². The highest BCUT2D eigenvalue weighted by atomic mass is 35.5. The van der Waals surface area contributed by atoms with E-state index in [1.807, 2.05) is 0 Å². The lowest BCUT2D eigenvalue weighted by Crippen LogP contribution is -2.70. The van der Waals surface area contributed by atoms with Gasteiger partial charge in [-0.15, -0.1) is 35.1 Å². The predicted octanol–water partition coefficient (Wildman–Crippen LogP) is 0.734. The Hall–Kier alpha value is -1.63. The van der Waals surface area contributed by atoms with E-state index in [1.54, 1.807) is 6.07 Å². The number of carbonyl (C=O) groups is 3. The van der Waals surface area contributed by atoms with E-state index < -0.39 is 23.3 Å². The summed E-state index contributed by atoms with van der Waals surface area (Å²) >= 11 is 8.24. The molecule has 0 aromatic rings. The van der Waals surface area contributed by atoms with Gasteiger partial charge >= 0.3 is 5.97 Å². The summed E-state index contributed by atoms with van der Waals surface area (Å²) in [6.07, 6.45) is 1.25. The summed E-state index contributed by atoms with van der Waals surface area (Å²) in [5, 5.41) is 21.3. The number of nitrogens with zero attached hydrogens (tertiary/aromatic N) is 2. The Morgan fingerprint density at radius 2 is 2.35 bits per heavy atom. The fraction of sp³-hybridized carbons (Fsp3) is 0.385. The number of rotatable bonds is 6. The van der Waals surface area contributed by atoms with Gasteiger partial charge in [-0.3, -0.25) is 14.5 Å². The molecule has 0 bridgehead atoms. The Bertz CT molecular complexity index is 644. The molecule has 2 heterocycles. The van der Waals surface area contributed by atoms with Crippen molar-refractivity contribution in [3.05, 3.63) is 22.8 Å². The number of hydrogen-bond acceptors (Lipinski definition) is 6. The van der Waals surface area contributed by atoms with Crippen LogP contribution >= 0.6 is 35.1 Å². The normalized spacial score (nSPS) is 23.3. The summed E-state index contributed by atoms with van der Waals surface area (Å²) in [6.45, 7) is 0. The molecule has 0 spiro atoms. The van der Waals surface area contributed by atoms with Gasteiger partial charge in [0.05, 0.1) is 11.8 Å². The topological polar surface area (TPSA) is 111 Å². The molecule has 2 rings (SSSR count). The van der Waals surface area contributed by atoms with Gasteiger partial charge in [0, 0.05) is 17.7 Å². The highest BCUT2D eigenvalue weighted by Crippen LogP contribution is 2.40. The molecule has 122 valence electrons. The molecular formula is C13H12ClN3O4S2. The number of carbonyl (C=O) groups excluding carboxylic acids is 2. The third-order valence-electron chi connectivity index (χ3n) is 3.18. The number of carboxylic acid groups (broad SMARTS) is 1. The van der Waals surface area contributed by atoms with Gasteiger partial charge in [-0.05, 0) is 11.0 Å². The second-order valence-electron chi connectivity index (χ2n) is 4.59. The maximum Gasteiger partial charge on any atom is 0.352 e. The molecule has 1 unspecified atom stereocenters. The number of aliphatic carboxylic acids is 1. The number of alkyl halides is 1. The maximum absolute atomic E-state index is 12.2. The van der Waals surface area contributed by atoms with Crippen LogP contribution < -0.4 is 5.32 Å². The average molecular weight is 374 g/mol. The van der Waals surface area contributed by atoms with Crippen molar-refractivity contribution in [3.8, 4) is 6.07 Å². The molecule has 1 saturated heterocycles. The third kappa shape index (κ3) is 3.65. The first-order chi connectivity index (χ1) is 11.0. The standard InChI is InChI=1S/C13H12ClN3O4S2/c14-4-7-5-23-12-9(11(19)17(12)10(7)13(20)21)16-8(18)6-22-3-1-2-15/h1,3,9,12H,4-6H2,(H,16,18)(H,20,21)/b3-1-/t9?,12-/m1/s1. The van der Waals surface area contributed by atoms with Crippen LogP contribution in [0.3, 0.4) is 0 Å². The second-order valence-corrected chi connectivity index (χ2v) is 6.86. The Morgan fingerprint density at radius 3 is 2.96 bits per heavy atom. The number of nitrogens with one attached hydrogen (secondary N) is 1. The number of amides is 2. The van der Waals surface area contributed by atoms with E-state index in [9.17, 15) is 19.5 Å². The Labute approximate surface area is 145 Å². The summed E-state index contributed by atoms with van der Waals surface area (Å²) in [5.74, 6) is -1.46. The van der Waals surface area contributed by atoms with Gasteiger partial charge in [0.25, 0.3) is 5.91 Å². The number of fused-ring (bicyclic) bond motifs is 1. The fourth-order valence-corrected chi connectivity index (χ4v) is 4.37. The first kappa shape index (κ1) is 17.7. The van der Waals surface area contributed by atoms with Crippen molar-refractivity contribution < 1.29 is 19.5 Å². The van der Waals surface area contributed by atoms with E-state index in [2.05, 4.69) is 5.32 Å². The predicted molar refractivity (Wildman–Crippen MR) is 87.6 cm³/mol. The molecule has 1 fully saturated rings. The molecule has 2 aliphatic heterocycles. The molecule has 0 aliphatic carbocycles. The highest BCUT2D eigenvalue weighted by molar-refractivity contribution is 8.02. The minimum Gasteiger partial charge on any atom is -0.477 e. The molecule has 2 amide bonds. The van der Waals surface area contributed by atoms with Crippen molar-refractivity contribution in [1.82, 2.24) is 10.2 Å². The minimum absolute atomic E-state index is 0.0457. The first-order valence-electron chi connectivity index (χ1n) is 6.42. The van der Waals surface area contributed by atoms with Crippen LogP contribution in [0.5, 0.6) is 0 Å². The lowest BCUT2D eigenvalue weighted by atomic mass is 10.0. The number of β-lactam (4-membered cyclic amide) rings is 1. The molecule has 2 aliphatic rings. The van der Waals surface area contributed by atoms with Crippen molar-refractivity contribution in [2.75, 3.05) is 17.4 Å². The van der Waals surface area contributed by atoms with Gasteiger partial charge in [0.2, 0.25) is 5.91 Å². The monoisotopic (exact) mass is 373 g/mol. The van der Waals surface area contributed by atoms with Gasteiger partial charge in [0.15, 0.2) is 0 Å². The van der Waals surface area contributed by atoms with Gasteiger partial charge in [-0.25, -0.2) is 4.79 Å². The zero-order valence-corrected chi connectivity index (χ0v) is 14.1. The second kappa shape index (κ2) is 7.77. The van der Waals surface area contributed by atoms with E-state index in [4.69, 9.17) is 16.9 Å². The Balaban J connectivity index is 2.00. The van der Waals surface area contributed by atoms with Crippen LogP contribution in [0.15, 0.2) is 22.8 Å². The molecule has 2 atom stereocenters.